The third-order valence-corrected chi connectivity index (χ3v) is 5.52. The monoisotopic (exact) mass is 402 g/mol. The Balaban J connectivity index is 2.07. The fourth-order valence-electron chi connectivity index (χ4n) is 3.36. The van der Waals surface area contributed by atoms with Crippen LogP contribution in [0.1, 0.15) is 47.8 Å². The van der Waals surface area contributed by atoms with Crippen molar-refractivity contribution in [2.75, 3.05) is 14.1 Å². The Bertz CT molecular complexity index is 802. The molecule has 6 nitrogen and oxygen atoms in total. The Morgan fingerprint density at radius 3 is 2.69 bits per heavy atom. The van der Waals surface area contributed by atoms with Crippen molar-refractivity contribution in [1.82, 2.24) is 10.2 Å². The number of carbonyl (C=O) groups excluding carboxylic acids is 1. The lowest BCUT2D eigenvalue weighted by Crippen LogP contribution is -2.50. The van der Waals surface area contributed by atoms with E-state index in [9.17, 15) is 14.3 Å². The summed E-state index contributed by atoms with van der Waals surface area (Å²) in [6, 6.07) is 4.63. The summed E-state index contributed by atoms with van der Waals surface area (Å²) in [5.41, 5.74) is 13.5. The number of nitrogens with two attached hydrogens (primary N) is 2. The van der Waals surface area contributed by atoms with Crippen LogP contribution in [-0.4, -0.2) is 36.2 Å². The number of rotatable bonds is 10. The van der Waals surface area contributed by atoms with Crippen LogP contribution in [0.4, 0.5) is 4.39 Å². The van der Waals surface area contributed by atoms with E-state index in [1.165, 1.54) is 25.3 Å². The maximum Gasteiger partial charge on any atom is 0.251 e. The number of phenolic OH excluding ortho intramolecular Hbond substituents is 1. The molecule has 0 heterocycles. The molecular formula is C22H31FN4O2. The number of halogens is 1. The molecule has 1 aliphatic rings. The van der Waals surface area contributed by atoms with Gasteiger partial charge in [0.1, 0.15) is 11.6 Å². The predicted molar refractivity (Wildman–Crippen MR) is 114 cm³/mol. The van der Waals surface area contributed by atoms with Crippen LogP contribution >= 0.6 is 0 Å². The largest absolute Gasteiger partial charge is 0.508 e. The fraction of sp³-hybridized carbons (Fsp3) is 0.409. The highest BCUT2D eigenvalue weighted by atomic mass is 19.1. The van der Waals surface area contributed by atoms with Gasteiger partial charge in [-0.15, -0.1) is 6.58 Å². The molecule has 0 bridgehead atoms. The molecule has 2 rings (SSSR count). The maximum absolute atomic E-state index is 13.7. The Morgan fingerprint density at radius 2 is 2.14 bits per heavy atom. The van der Waals surface area contributed by atoms with Crippen molar-refractivity contribution in [2.45, 2.75) is 38.0 Å². The molecular weight excluding hydrogens is 371 g/mol. The van der Waals surface area contributed by atoms with Gasteiger partial charge in [0.05, 0.1) is 12.3 Å². The smallest absolute Gasteiger partial charge is 0.251 e. The van der Waals surface area contributed by atoms with E-state index in [-0.39, 0.29) is 29.1 Å². The molecule has 1 saturated carbocycles. The lowest BCUT2D eigenvalue weighted by Gasteiger charge is -2.36. The second kappa shape index (κ2) is 9.82. The summed E-state index contributed by atoms with van der Waals surface area (Å²) in [6.45, 7) is 3.56. The minimum absolute atomic E-state index is 0.0585. The quantitative estimate of drug-likeness (QED) is 0.273. The number of hydrogen-bond acceptors (Lipinski definition) is 5. The Labute approximate surface area is 171 Å². The first kappa shape index (κ1) is 22.8. The molecule has 1 aromatic rings. The molecule has 1 aliphatic carbocycles. The zero-order valence-electron chi connectivity index (χ0n) is 17.1. The summed E-state index contributed by atoms with van der Waals surface area (Å²) in [4.78, 5) is 13.5. The minimum Gasteiger partial charge on any atom is -0.508 e. The van der Waals surface area contributed by atoms with Gasteiger partial charge in [-0.25, -0.2) is 4.39 Å². The second-order valence-corrected chi connectivity index (χ2v) is 7.49. The third-order valence-electron chi connectivity index (χ3n) is 5.52. The van der Waals surface area contributed by atoms with Gasteiger partial charge >= 0.3 is 0 Å². The molecule has 1 aromatic carbocycles. The zero-order valence-corrected chi connectivity index (χ0v) is 17.1. The van der Waals surface area contributed by atoms with E-state index >= 15 is 0 Å². The van der Waals surface area contributed by atoms with E-state index < -0.39 is 6.17 Å². The van der Waals surface area contributed by atoms with Crippen molar-refractivity contribution in [2.24, 2.45) is 16.9 Å². The van der Waals surface area contributed by atoms with Crippen LogP contribution in [0.25, 0.3) is 0 Å². The summed E-state index contributed by atoms with van der Waals surface area (Å²) in [5.74, 6) is -0.638. The summed E-state index contributed by atoms with van der Waals surface area (Å²) in [7, 11) is 3.33. The first-order chi connectivity index (χ1) is 13.8. The predicted octanol–water partition coefficient (Wildman–Crippen LogP) is 3.08. The normalized spacial score (nSPS) is 17.9. The summed E-state index contributed by atoms with van der Waals surface area (Å²) in [5, 5.41) is 12.8. The lowest BCUT2D eigenvalue weighted by atomic mass is 9.96. The summed E-state index contributed by atoms with van der Waals surface area (Å²) < 4.78 is 13.7. The molecule has 2 atom stereocenters. The topological polar surface area (TPSA) is 105 Å². The highest BCUT2D eigenvalue weighted by Crippen LogP contribution is 2.52. The Morgan fingerprint density at radius 1 is 1.45 bits per heavy atom. The maximum atomic E-state index is 13.7. The number of phenols is 1. The molecule has 1 fully saturated rings. The van der Waals surface area contributed by atoms with Crippen molar-refractivity contribution < 1.29 is 14.3 Å². The molecule has 7 heteroatoms. The van der Waals surface area contributed by atoms with Gasteiger partial charge in [-0.2, -0.15) is 0 Å². The van der Waals surface area contributed by atoms with Crippen LogP contribution in [0.3, 0.4) is 0 Å². The third kappa shape index (κ3) is 5.53. The van der Waals surface area contributed by atoms with E-state index in [2.05, 4.69) is 11.9 Å². The average molecular weight is 403 g/mol. The molecule has 0 radical (unpaired) electrons. The number of carbonyl (C=O) groups is 1. The molecule has 158 valence electrons. The molecule has 1 amide bonds. The van der Waals surface area contributed by atoms with E-state index in [4.69, 9.17) is 11.5 Å². The molecule has 0 aliphatic heterocycles. The van der Waals surface area contributed by atoms with Crippen molar-refractivity contribution in [3.8, 4) is 5.75 Å². The number of benzene rings is 1. The van der Waals surface area contributed by atoms with E-state index in [0.717, 1.165) is 12.8 Å². The molecule has 0 saturated heterocycles. The van der Waals surface area contributed by atoms with Crippen LogP contribution in [-0.2, 0) is 0 Å². The minimum atomic E-state index is -0.644. The number of allylic oxidation sites excluding steroid dienone is 5. The van der Waals surface area contributed by atoms with E-state index in [0.29, 0.717) is 24.0 Å². The highest BCUT2D eigenvalue weighted by Gasteiger charge is 2.49. The van der Waals surface area contributed by atoms with Gasteiger partial charge in [0.25, 0.3) is 5.91 Å². The molecule has 0 spiro atoms. The first-order valence-corrected chi connectivity index (χ1v) is 9.67. The molecule has 0 aromatic heterocycles. The summed E-state index contributed by atoms with van der Waals surface area (Å²) in [6.07, 6.45) is 8.34. The van der Waals surface area contributed by atoms with Gasteiger partial charge in [0.15, 0.2) is 0 Å². The number of amides is 1. The van der Waals surface area contributed by atoms with Gasteiger partial charge in [-0.3, -0.25) is 9.69 Å². The van der Waals surface area contributed by atoms with Gasteiger partial charge < -0.3 is 21.9 Å². The number of hydrogen-bond donors (Lipinski definition) is 4. The molecule has 29 heavy (non-hydrogen) atoms. The standard InChI is InChI=1S/C22H31FN4O2/c1-4-5-7-16(23)8-6-11-22(12-13-22)21(25)27(3)19(24)17-10-9-15(14-18(17)28)20(29)26-2/h4,6-10,14,19,21,28H,1,5,11-13,24-25H2,2-3H3,(H,26,29)/b8-6-,16-7+. The van der Waals surface area contributed by atoms with E-state index in [1.807, 2.05) is 0 Å². The second-order valence-electron chi connectivity index (χ2n) is 7.49. The zero-order chi connectivity index (χ0) is 21.6. The van der Waals surface area contributed by atoms with Crippen molar-refractivity contribution in [3.63, 3.8) is 0 Å². The lowest BCUT2D eigenvalue weighted by molar-refractivity contribution is 0.0962. The highest BCUT2D eigenvalue weighted by molar-refractivity contribution is 5.94. The number of nitrogens with one attached hydrogen (secondary N) is 1. The first-order valence-electron chi connectivity index (χ1n) is 9.67. The fourth-order valence-corrected chi connectivity index (χ4v) is 3.36. The van der Waals surface area contributed by atoms with Crippen molar-refractivity contribution in [3.05, 3.63) is 66.0 Å². The summed E-state index contributed by atoms with van der Waals surface area (Å²) >= 11 is 0. The van der Waals surface area contributed by atoms with Crippen LogP contribution in [0.15, 0.2) is 54.9 Å². The van der Waals surface area contributed by atoms with Crippen LogP contribution in [0, 0.1) is 5.41 Å². The van der Waals surface area contributed by atoms with Crippen LogP contribution in [0.5, 0.6) is 5.75 Å². The average Bonchev–Trinajstić information content (AvgIpc) is 3.50. The number of nitrogens with zero attached hydrogens (tertiary/aromatic N) is 1. The van der Waals surface area contributed by atoms with Gasteiger partial charge in [0.2, 0.25) is 0 Å². The van der Waals surface area contributed by atoms with Crippen molar-refractivity contribution >= 4 is 5.91 Å². The van der Waals surface area contributed by atoms with E-state index in [1.54, 1.807) is 36.2 Å². The van der Waals surface area contributed by atoms with Gasteiger partial charge in [-0.05, 0) is 57.0 Å². The SMILES string of the molecule is C=CC/C=C(F)\C=C/CC1(C(N)N(C)C(N)c2ccc(C(=O)NC)cc2O)CC1. The Kier molecular flexibility index (Phi) is 7.73. The van der Waals surface area contributed by atoms with Crippen molar-refractivity contribution in [1.29, 1.82) is 0 Å². The van der Waals surface area contributed by atoms with Crippen LogP contribution in [0.2, 0.25) is 0 Å². The molecule has 2 unspecified atom stereocenters. The molecule has 6 N–H and O–H groups in total. The number of aromatic hydroxyl groups is 1. The van der Waals surface area contributed by atoms with Gasteiger partial charge in [-0.1, -0.05) is 18.2 Å². The Hall–Kier alpha value is -2.48. The van der Waals surface area contributed by atoms with Crippen LogP contribution < -0.4 is 16.8 Å². The van der Waals surface area contributed by atoms with Gasteiger partial charge in [0, 0.05) is 23.6 Å².